The SMILES string of the molecule is O=C(O)CCCN1C(=O)SC(=Cc2ccc(-c3ccc(C(F)(F)F)cc3Cl)o2)C1=O. The van der Waals surface area contributed by atoms with E-state index in [1.54, 1.807) is 0 Å². The summed E-state index contributed by atoms with van der Waals surface area (Å²) in [6.45, 7) is -0.0150. The number of imide groups is 1. The van der Waals surface area contributed by atoms with E-state index in [1.165, 1.54) is 24.3 Å². The first kappa shape index (κ1) is 22.0. The van der Waals surface area contributed by atoms with Crippen LogP contribution in [0.3, 0.4) is 0 Å². The molecule has 1 aromatic carbocycles. The van der Waals surface area contributed by atoms with Crippen LogP contribution in [0.2, 0.25) is 5.02 Å². The second-order valence-corrected chi connectivity index (χ2v) is 7.63. The molecule has 1 saturated heterocycles. The van der Waals surface area contributed by atoms with E-state index >= 15 is 0 Å². The van der Waals surface area contributed by atoms with Gasteiger partial charge in [-0.1, -0.05) is 11.6 Å². The molecule has 0 spiro atoms. The van der Waals surface area contributed by atoms with Crippen LogP contribution < -0.4 is 0 Å². The predicted octanol–water partition coefficient (Wildman–Crippen LogP) is 5.52. The lowest BCUT2D eigenvalue weighted by Gasteiger charge is -2.10. The number of hydrogen-bond acceptors (Lipinski definition) is 5. The highest BCUT2D eigenvalue weighted by Gasteiger charge is 2.35. The van der Waals surface area contributed by atoms with Crippen molar-refractivity contribution in [1.29, 1.82) is 0 Å². The van der Waals surface area contributed by atoms with Gasteiger partial charge in [-0.15, -0.1) is 0 Å². The Bertz CT molecular complexity index is 1050. The zero-order valence-electron chi connectivity index (χ0n) is 15.0. The Morgan fingerprint density at radius 1 is 1.23 bits per heavy atom. The molecule has 3 rings (SSSR count). The Morgan fingerprint density at radius 3 is 2.60 bits per heavy atom. The second-order valence-electron chi connectivity index (χ2n) is 6.23. The number of furan rings is 1. The van der Waals surface area contributed by atoms with Crippen LogP contribution in [0, 0.1) is 0 Å². The van der Waals surface area contributed by atoms with Crippen molar-refractivity contribution in [1.82, 2.24) is 4.90 Å². The molecule has 2 amide bonds. The second kappa shape index (κ2) is 8.57. The van der Waals surface area contributed by atoms with Crippen molar-refractivity contribution in [3.8, 4) is 11.3 Å². The molecule has 1 aromatic heterocycles. The van der Waals surface area contributed by atoms with E-state index in [1.807, 2.05) is 0 Å². The highest BCUT2D eigenvalue weighted by molar-refractivity contribution is 8.18. The maximum absolute atomic E-state index is 12.8. The zero-order valence-corrected chi connectivity index (χ0v) is 16.6. The van der Waals surface area contributed by atoms with Gasteiger partial charge in [0.25, 0.3) is 11.1 Å². The molecule has 0 radical (unpaired) electrons. The Balaban J connectivity index is 1.77. The smallest absolute Gasteiger partial charge is 0.416 e. The summed E-state index contributed by atoms with van der Waals surface area (Å²) in [5, 5.41) is 7.99. The summed E-state index contributed by atoms with van der Waals surface area (Å²) in [6.07, 6.45) is -3.22. The van der Waals surface area contributed by atoms with Gasteiger partial charge in [0.2, 0.25) is 0 Å². The summed E-state index contributed by atoms with van der Waals surface area (Å²) >= 11 is 6.64. The first-order chi connectivity index (χ1) is 14.1. The summed E-state index contributed by atoms with van der Waals surface area (Å²) in [7, 11) is 0. The van der Waals surface area contributed by atoms with Crippen molar-refractivity contribution in [2.45, 2.75) is 19.0 Å². The molecule has 0 atom stereocenters. The van der Waals surface area contributed by atoms with Gasteiger partial charge in [0.05, 0.1) is 15.5 Å². The first-order valence-corrected chi connectivity index (χ1v) is 9.70. The molecule has 0 aliphatic carbocycles. The van der Waals surface area contributed by atoms with Crippen molar-refractivity contribution < 1.29 is 37.1 Å². The molecule has 0 saturated carbocycles. The van der Waals surface area contributed by atoms with E-state index in [2.05, 4.69) is 0 Å². The standard InChI is InChI=1S/C19H13ClF3NO5S/c20-13-8-10(19(21,22)23)3-5-12(13)14-6-4-11(29-14)9-15-17(27)24(18(28)30-15)7-1-2-16(25)26/h3-6,8-9H,1-2,7H2,(H,25,26). The average molecular weight is 460 g/mol. The lowest BCUT2D eigenvalue weighted by Crippen LogP contribution is -2.29. The molecular formula is C19H13ClF3NO5S. The third kappa shape index (κ3) is 4.88. The molecule has 11 heteroatoms. The van der Waals surface area contributed by atoms with Crippen LogP contribution in [-0.2, 0) is 15.8 Å². The molecule has 6 nitrogen and oxygen atoms in total. The van der Waals surface area contributed by atoms with E-state index in [-0.39, 0.29) is 46.4 Å². The normalized spacial score (nSPS) is 16.0. The number of benzene rings is 1. The topological polar surface area (TPSA) is 87.8 Å². The number of carbonyl (C=O) groups excluding carboxylic acids is 2. The number of thioether (sulfide) groups is 1. The minimum atomic E-state index is -4.52. The monoisotopic (exact) mass is 459 g/mol. The number of carboxylic acids is 1. The number of hydrogen-bond donors (Lipinski definition) is 1. The number of rotatable bonds is 6. The highest BCUT2D eigenvalue weighted by Crippen LogP contribution is 2.37. The van der Waals surface area contributed by atoms with Gasteiger partial charge < -0.3 is 9.52 Å². The van der Waals surface area contributed by atoms with Gasteiger partial charge in [-0.3, -0.25) is 19.3 Å². The molecule has 1 aliphatic rings. The van der Waals surface area contributed by atoms with Crippen LogP contribution in [0.5, 0.6) is 0 Å². The number of carboxylic acid groups (broad SMARTS) is 1. The first-order valence-electron chi connectivity index (χ1n) is 8.50. The zero-order chi connectivity index (χ0) is 22.1. The van der Waals surface area contributed by atoms with Crippen molar-refractivity contribution in [2.75, 3.05) is 6.54 Å². The number of aliphatic carboxylic acids is 1. The summed E-state index contributed by atoms with van der Waals surface area (Å²) < 4.78 is 43.9. The van der Waals surface area contributed by atoms with E-state index < -0.39 is 28.9 Å². The van der Waals surface area contributed by atoms with Gasteiger partial charge in [0.15, 0.2) is 0 Å². The third-order valence-corrected chi connectivity index (χ3v) is 5.33. The van der Waals surface area contributed by atoms with E-state index in [0.717, 1.165) is 17.0 Å². The van der Waals surface area contributed by atoms with Crippen LogP contribution in [0.25, 0.3) is 17.4 Å². The van der Waals surface area contributed by atoms with Crippen LogP contribution in [-0.4, -0.2) is 33.7 Å². The number of carbonyl (C=O) groups is 3. The fraction of sp³-hybridized carbons (Fsp3) is 0.211. The molecule has 0 unspecified atom stereocenters. The summed E-state index contributed by atoms with van der Waals surface area (Å²) in [4.78, 5) is 36.0. The molecular weight excluding hydrogens is 447 g/mol. The van der Waals surface area contributed by atoms with Gasteiger partial charge in [0.1, 0.15) is 11.5 Å². The molecule has 1 aliphatic heterocycles. The van der Waals surface area contributed by atoms with E-state index in [0.29, 0.717) is 11.8 Å². The van der Waals surface area contributed by atoms with E-state index in [4.69, 9.17) is 21.1 Å². The molecule has 2 heterocycles. The number of halogens is 4. The van der Waals surface area contributed by atoms with Gasteiger partial charge in [-0.25, -0.2) is 0 Å². The van der Waals surface area contributed by atoms with Gasteiger partial charge in [0, 0.05) is 24.6 Å². The van der Waals surface area contributed by atoms with Gasteiger partial charge in [-0.2, -0.15) is 13.2 Å². The highest BCUT2D eigenvalue weighted by atomic mass is 35.5. The van der Waals surface area contributed by atoms with Crippen LogP contribution in [0.4, 0.5) is 18.0 Å². The van der Waals surface area contributed by atoms with Gasteiger partial charge in [-0.05, 0) is 48.5 Å². The summed E-state index contributed by atoms with van der Waals surface area (Å²) in [5.74, 6) is -1.19. The Labute approximate surface area is 177 Å². The molecule has 1 fully saturated rings. The Morgan fingerprint density at radius 2 is 1.97 bits per heavy atom. The fourth-order valence-electron chi connectivity index (χ4n) is 2.68. The third-order valence-electron chi connectivity index (χ3n) is 4.11. The average Bonchev–Trinajstić information content (AvgIpc) is 3.20. The van der Waals surface area contributed by atoms with Crippen molar-refractivity contribution in [3.63, 3.8) is 0 Å². The summed E-state index contributed by atoms with van der Waals surface area (Å²) in [5.41, 5.74) is -0.648. The predicted molar refractivity (Wildman–Crippen MR) is 104 cm³/mol. The number of alkyl halides is 3. The largest absolute Gasteiger partial charge is 0.481 e. The molecule has 2 aromatic rings. The van der Waals surface area contributed by atoms with Crippen molar-refractivity contribution in [3.05, 3.63) is 51.6 Å². The quantitative estimate of drug-likeness (QED) is 0.572. The van der Waals surface area contributed by atoms with Gasteiger partial charge >= 0.3 is 12.1 Å². The molecule has 158 valence electrons. The maximum atomic E-state index is 12.8. The van der Waals surface area contributed by atoms with Crippen molar-refractivity contribution in [2.24, 2.45) is 0 Å². The molecule has 0 bridgehead atoms. The summed E-state index contributed by atoms with van der Waals surface area (Å²) in [6, 6.07) is 5.83. The number of amides is 2. The van der Waals surface area contributed by atoms with Crippen LogP contribution >= 0.6 is 23.4 Å². The van der Waals surface area contributed by atoms with Crippen molar-refractivity contribution >= 4 is 46.6 Å². The molecule has 1 N–H and O–H groups in total. The van der Waals surface area contributed by atoms with E-state index in [9.17, 15) is 27.6 Å². The van der Waals surface area contributed by atoms with Crippen LogP contribution in [0.15, 0.2) is 39.7 Å². The minimum Gasteiger partial charge on any atom is -0.481 e. The molecule has 30 heavy (non-hydrogen) atoms. The fourth-order valence-corrected chi connectivity index (χ4v) is 3.80. The lowest BCUT2D eigenvalue weighted by atomic mass is 10.1. The maximum Gasteiger partial charge on any atom is 0.416 e. The minimum absolute atomic E-state index is 0.0150. The Kier molecular flexibility index (Phi) is 6.27. The Hall–Kier alpha value is -2.72. The number of nitrogens with zero attached hydrogens (tertiary/aromatic N) is 1. The van der Waals surface area contributed by atoms with Crippen LogP contribution in [0.1, 0.15) is 24.2 Å². The lowest BCUT2D eigenvalue weighted by molar-refractivity contribution is -0.138.